The molecule has 1 saturated carbocycles. The van der Waals surface area contributed by atoms with Crippen LogP contribution in [0.5, 0.6) is 0 Å². The number of nitriles is 1. The van der Waals surface area contributed by atoms with Crippen molar-refractivity contribution in [3.05, 3.63) is 66.0 Å². The van der Waals surface area contributed by atoms with Crippen LogP contribution in [0.15, 0.2) is 54.7 Å². The highest BCUT2D eigenvalue weighted by atomic mass is 15.2. The molecule has 1 aliphatic carbocycles. The van der Waals surface area contributed by atoms with Crippen LogP contribution in [0.3, 0.4) is 0 Å². The summed E-state index contributed by atoms with van der Waals surface area (Å²) in [6, 6.07) is 19.0. The number of aromatic nitrogens is 1. The maximum absolute atomic E-state index is 10.0. The molecule has 0 spiro atoms. The lowest BCUT2D eigenvalue weighted by Crippen LogP contribution is -2.43. The van der Waals surface area contributed by atoms with Gasteiger partial charge in [-0.05, 0) is 56.5 Å². The highest BCUT2D eigenvalue weighted by Crippen LogP contribution is 2.55. The highest BCUT2D eigenvalue weighted by Gasteiger charge is 2.52. The number of nitrogens with zero attached hydrogens (tertiary/aromatic N) is 3. The summed E-state index contributed by atoms with van der Waals surface area (Å²) < 4.78 is 0. The molecule has 3 heteroatoms. The third kappa shape index (κ3) is 2.40. The molecule has 22 heavy (non-hydrogen) atoms. The SMILES string of the molecule is CN(C)C(C#N)(CC1(c2ccccc2)CC1)c1ccccn1. The van der Waals surface area contributed by atoms with Crippen LogP contribution in [-0.4, -0.2) is 24.0 Å². The van der Waals surface area contributed by atoms with Crippen LogP contribution in [0.1, 0.15) is 30.5 Å². The number of rotatable bonds is 5. The molecule has 0 radical (unpaired) electrons. The molecule has 0 aliphatic heterocycles. The number of pyridine rings is 1. The van der Waals surface area contributed by atoms with E-state index in [-0.39, 0.29) is 5.41 Å². The molecule has 0 N–H and O–H groups in total. The van der Waals surface area contributed by atoms with E-state index in [4.69, 9.17) is 0 Å². The Kier molecular flexibility index (Phi) is 3.72. The van der Waals surface area contributed by atoms with E-state index in [2.05, 4.69) is 35.3 Å². The summed E-state index contributed by atoms with van der Waals surface area (Å²) in [7, 11) is 3.94. The van der Waals surface area contributed by atoms with Crippen LogP contribution >= 0.6 is 0 Å². The Morgan fingerprint density at radius 3 is 2.32 bits per heavy atom. The van der Waals surface area contributed by atoms with Crippen LogP contribution in [0.4, 0.5) is 0 Å². The molecular weight excluding hydrogens is 270 g/mol. The van der Waals surface area contributed by atoms with Gasteiger partial charge >= 0.3 is 0 Å². The van der Waals surface area contributed by atoms with Crippen molar-refractivity contribution < 1.29 is 0 Å². The molecule has 112 valence electrons. The lowest BCUT2D eigenvalue weighted by molar-refractivity contribution is 0.180. The molecule has 0 saturated heterocycles. The predicted octanol–water partition coefficient (Wildman–Crippen LogP) is 3.48. The Labute approximate surface area is 132 Å². The molecule has 3 rings (SSSR count). The summed E-state index contributed by atoms with van der Waals surface area (Å²) in [5.74, 6) is 0. The van der Waals surface area contributed by atoms with Crippen LogP contribution in [0.2, 0.25) is 0 Å². The van der Waals surface area contributed by atoms with Crippen molar-refractivity contribution in [2.75, 3.05) is 14.1 Å². The van der Waals surface area contributed by atoms with E-state index in [1.54, 1.807) is 6.20 Å². The molecule has 0 bridgehead atoms. The number of hydrogen-bond acceptors (Lipinski definition) is 3. The second kappa shape index (κ2) is 5.55. The van der Waals surface area contributed by atoms with Crippen LogP contribution in [0, 0.1) is 11.3 Å². The zero-order valence-corrected chi connectivity index (χ0v) is 13.2. The lowest BCUT2D eigenvalue weighted by atomic mass is 9.79. The minimum absolute atomic E-state index is 0.110. The van der Waals surface area contributed by atoms with Crippen molar-refractivity contribution in [1.82, 2.24) is 9.88 Å². The molecule has 1 fully saturated rings. The average molecular weight is 291 g/mol. The molecule has 0 amide bonds. The Morgan fingerprint density at radius 2 is 1.82 bits per heavy atom. The van der Waals surface area contributed by atoms with E-state index >= 15 is 0 Å². The Morgan fingerprint density at radius 1 is 1.14 bits per heavy atom. The van der Waals surface area contributed by atoms with Gasteiger partial charge in [0, 0.05) is 6.20 Å². The van der Waals surface area contributed by atoms with E-state index in [1.807, 2.05) is 43.3 Å². The fourth-order valence-electron chi connectivity index (χ4n) is 3.28. The van der Waals surface area contributed by atoms with Crippen LogP contribution in [-0.2, 0) is 11.0 Å². The summed E-state index contributed by atoms with van der Waals surface area (Å²) in [5, 5.41) is 10.0. The second-order valence-electron chi connectivity index (χ2n) is 6.40. The molecule has 2 aromatic rings. The molecule has 1 heterocycles. The van der Waals surface area contributed by atoms with E-state index in [9.17, 15) is 5.26 Å². The van der Waals surface area contributed by atoms with E-state index in [0.29, 0.717) is 0 Å². The standard InChI is InChI=1S/C19H21N3/c1-22(2)19(15-20,17-10-6-7-13-21-17)14-18(11-12-18)16-8-4-3-5-9-16/h3-10,13H,11-12,14H2,1-2H3. The molecule has 1 unspecified atom stereocenters. The first-order chi connectivity index (χ1) is 10.6. The van der Waals surface area contributed by atoms with Gasteiger partial charge in [0.2, 0.25) is 0 Å². The molecule has 3 nitrogen and oxygen atoms in total. The summed E-state index contributed by atoms with van der Waals surface area (Å²) in [5.41, 5.74) is 1.60. The van der Waals surface area contributed by atoms with Crippen molar-refractivity contribution in [2.45, 2.75) is 30.2 Å². The number of hydrogen-bond donors (Lipinski definition) is 0. The van der Waals surface area contributed by atoms with E-state index in [0.717, 1.165) is 25.0 Å². The molecule has 1 aromatic carbocycles. The minimum atomic E-state index is -0.687. The Hall–Kier alpha value is -2.18. The summed E-state index contributed by atoms with van der Waals surface area (Å²) in [6.07, 6.45) is 4.83. The Balaban J connectivity index is 2.01. The van der Waals surface area contributed by atoms with E-state index < -0.39 is 5.54 Å². The molecule has 1 aliphatic rings. The third-order valence-corrected chi connectivity index (χ3v) is 4.87. The first-order valence-corrected chi connectivity index (χ1v) is 7.69. The van der Waals surface area contributed by atoms with Crippen molar-refractivity contribution >= 4 is 0 Å². The zero-order chi connectivity index (χ0) is 15.6. The minimum Gasteiger partial charge on any atom is -0.287 e. The van der Waals surface area contributed by atoms with Gasteiger partial charge in [0.25, 0.3) is 0 Å². The quantitative estimate of drug-likeness (QED) is 0.846. The van der Waals surface area contributed by atoms with Crippen LogP contribution < -0.4 is 0 Å². The van der Waals surface area contributed by atoms with Gasteiger partial charge in [-0.3, -0.25) is 9.88 Å². The van der Waals surface area contributed by atoms with Crippen molar-refractivity contribution in [3.8, 4) is 6.07 Å². The molecule has 1 aromatic heterocycles. The Bertz CT molecular complexity index is 669. The van der Waals surface area contributed by atoms with Gasteiger partial charge in [0.15, 0.2) is 5.54 Å². The summed E-state index contributed by atoms with van der Waals surface area (Å²) >= 11 is 0. The first kappa shape index (κ1) is 14.7. The van der Waals surface area contributed by atoms with Gasteiger partial charge in [-0.25, -0.2) is 0 Å². The fourth-order valence-corrected chi connectivity index (χ4v) is 3.28. The summed E-state index contributed by atoms with van der Waals surface area (Å²) in [6.45, 7) is 0. The monoisotopic (exact) mass is 291 g/mol. The number of benzene rings is 1. The maximum Gasteiger partial charge on any atom is 0.152 e. The van der Waals surface area contributed by atoms with Gasteiger partial charge < -0.3 is 0 Å². The van der Waals surface area contributed by atoms with Gasteiger partial charge in [0.1, 0.15) is 0 Å². The second-order valence-corrected chi connectivity index (χ2v) is 6.40. The summed E-state index contributed by atoms with van der Waals surface area (Å²) in [4.78, 5) is 6.50. The lowest BCUT2D eigenvalue weighted by Gasteiger charge is -2.36. The molecule has 1 atom stereocenters. The predicted molar refractivity (Wildman–Crippen MR) is 87.2 cm³/mol. The van der Waals surface area contributed by atoms with Crippen LogP contribution in [0.25, 0.3) is 0 Å². The highest BCUT2D eigenvalue weighted by molar-refractivity contribution is 5.36. The van der Waals surface area contributed by atoms with Gasteiger partial charge in [-0.2, -0.15) is 5.26 Å². The van der Waals surface area contributed by atoms with Gasteiger partial charge in [-0.1, -0.05) is 36.4 Å². The smallest absolute Gasteiger partial charge is 0.152 e. The first-order valence-electron chi connectivity index (χ1n) is 7.69. The normalized spacial score (nSPS) is 18.5. The zero-order valence-electron chi connectivity index (χ0n) is 13.2. The average Bonchev–Trinajstić information content (AvgIpc) is 3.35. The largest absolute Gasteiger partial charge is 0.287 e. The van der Waals surface area contributed by atoms with E-state index in [1.165, 1.54) is 5.56 Å². The fraction of sp³-hybridized carbons (Fsp3) is 0.368. The maximum atomic E-state index is 10.0. The van der Waals surface area contributed by atoms with Crippen molar-refractivity contribution in [1.29, 1.82) is 5.26 Å². The van der Waals surface area contributed by atoms with Gasteiger partial charge in [-0.15, -0.1) is 0 Å². The molecular formula is C19H21N3. The van der Waals surface area contributed by atoms with Crippen molar-refractivity contribution in [2.24, 2.45) is 0 Å². The van der Waals surface area contributed by atoms with Gasteiger partial charge in [0.05, 0.1) is 11.8 Å². The van der Waals surface area contributed by atoms with Crippen molar-refractivity contribution in [3.63, 3.8) is 0 Å². The third-order valence-electron chi connectivity index (χ3n) is 4.87. The topological polar surface area (TPSA) is 39.9 Å².